The standard InChI is InChI=1S/C21H18F3N5O4S/c1-3-17-18(19(30)28-34(2,31)32)27-20(33-17)29(16-8-4-13(10-25)5-9-16)12-15-7-6-14(11-26-15)21(22,23)24/h4-9,11H,3,12H2,1-2H3,(H,28,30). The highest BCUT2D eigenvalue weighted by Crippen LogP contribution is 2.31. The number of nitrogens with one attached hydrogen (secondary N) is 1. The summed E-state index contributed by atoms with van der Waals surface area (Å²) in [7, 11) is -3.86. The summed E-state index contributed by atoms with van der Waals surface area (Å²) in [6.07, 6.45) is -2.82. The second kappa shape index (κ2) is 9.52. The van der Waals surface area contributed by atoms with Gasteiger partial charge in [0.2, 0.25) is 10.0 Å². The maximum atomic E-state index is 12.9. The average molecular weight is 493 g/mol. The van der Waals surface area contributed by atoms with Crippen LogP contribution < -0.4 is 9.62 Å². The van der Waals surface area contributed by atoms with Crippen molar-refractivity contribution in [3.05, 3.63) is 70.9 Å². The summed E-state index contributed by atoms with van der Waals surface area (Å²) in [6, 6.07) is 10.1. The molecule has 0 spiro atoms. The Morgan fingerprint density at radius 3 is 2.38 bits per heavy atom. The molecule has 13 heteroatoms. The van der Waals surface area contributed by atoms with Crippen LogP contribution in [-0.4, -0.2) is 30.5 Å². The summed E-state index contributed by atoms with van der Waals surface area (Å²) in [6.45, 7) is 1.58. The van der Waals surface area contributed by atoms with Crippen LogP contribution in [0.15, 0.2) is 47.0 Å². The minimum Gasteiger partial charge on any atom is -0.428 e. The number of rotatable bonds is 7. The molecule has 1 aromatic carbocycles. The number of aryl methyl sites for hydroxylation is 1. The molecule has 34 heavy (non-hydrogen) atoms. The van der Waals surface area contributed by atoms with Gasteiger partial charge in [-0.15, -0.1) is 0 Å². The molecule has 0 aliphatic carbocycles. The van der Waals surface area contributed by atoms with Gasteiger partial charge in [0.05, 0.1) is 35.7 Å². The quantitative estimate of drug-likeness (QED) is 0.529. The molecule has 0 bridgehead atoms. The Bertz CT molecular complexity index is 1330. The highest BCUT2D eigenvalue weighted by Gasteiger charge is 2.31. The second-order valence-corrected chi connectivity index (χ2v) is 8.85. The van der Waals surface area contributed by atoms with Crippen molar-refractivity contribution in [1.29, 1.82) is 5.26 Å². The molecule has 9 nitrogen and oxygen atoms in total. The number of nitriles is 1. The van der Waals surface area contributed by atoms with Gasteiger partial charge in [-0.25, -0.2) is 13.1 Å². The van der Waals surface area contributed by atoms with Crippen molar-refractivity contribution in [2.75, 3.05) is 11.2 Å². The lowest BCUT2D eigenvalue weighted by molar-refractivity contribution is -0.137. The molecule has 0 unspecified atom stereocenters. The zero-order valence-electron chi connectivity index (χ0n) is 17.9. The molecule has 0 aliphatic rings. The fourth-order valence-electron chi connectivity index (χ4n) is 2.92. The number of alkyl halides is 3. The SMILES string of the molecule is CCc1oc(N(Cc2ccc(C(F)(F)F)cn2)c2ccc(C#N)cc2)nc1C(=O)NS(C)(=O)=O. The first-order valence-corrected chi connectivity index (χ1v) is 11.6. The third-order valence-corrected chi connectivity index (χ3v) is 5.07. The van der Waals surface area contributed by atoms with E-state index < -0.39 is 27.7 Å². The first-order chi connectivity index (χ1) is 15.9. The molecule has 2 aromatic heterocycles. The number of oxazole rings is 1. The fraction of sp³-hybridized carbons (Fsp3) is 0.238. The zero-order chi connectivity index (χ0) is 25.1. The summed E-state index contributed by atoms with van der Waals surface area (Å²) in [5.74, 6) is -0.878. The Balaban J connectivity index is 2.03. The number of benzene rings is 1. The molecule has 0 saturated carbocycles. The first-order valence-electron chi connectivity index (χ1n) is 9.73. The van der Waals surface area contributed by atoms with E-state index in [0.29, 0.717) is 17.4 Å². The summed E-state index contributed by atoms with van der Waals surface area (Å²) in [4.78, 5) is 21.8. The monoisotopic (exact) mass is 493 g/mol. The molecule has 0 atom stereocenters. The van der Waals surface area contributed by atoms with Crippen LogP contribution in [-0.2, 0) is 29.2 Å². The predicted molar refractivity (Wildman–Crippen MR) is 114 cm³/mol. The summed E-state index contributed by atoms with van der Waals surface area (Å²) < 4.78 is 69.1. The summed E-state index contributed by atoms with van der Waals surface area (Å²) in [5.41, 5.74) is -0.117. The lowest BCUT2D eigenvalue weighted by Crippen LogP contribution is -2.30. The lowest BCUT2D eigenvalue weighted by atomic mass is 10.2. The van der Waals surface area contributed by atoms with Crippen molar-refractivity contribution >= 4 is 27.6 Å². The maximum Gasteiger partial charge on any atom is 0.417 e. The van der Waals surface area contributed by atoms with E-state index >= 15 is 0 Å². The number of pyridine rings is 1. The van der Waals surface area contributed by atoms with Crippen LogP contribution in [0.3, 0.4) is 0 Å². The molecule has 0 fully saturated rings. The van der Waals surface area contributed by atoms with E-state index in [2.05, 4.69) is 9.97 Å². The third-order valence-electron chi connectivity index (χ3n) is 4.51. The Morgan fingerprint density at radius 1 is 1.21 bits per heavy atom. The van der Waals surface area contributed by atoms with Gasteiger partial charge < -0.3 is 4.42 Å². The highest BCUT2D eigenvalue weighted by atomic mass is 32.2. The molecule has 0 saturated heterocycles. The predicted octanol–water partition coefficient (Wildman–Crippen LogP) is 3.55. The Kier molecular flexibility index (Phi) is 6.92. The number of hydrogen-bond donors (Lipinski definition) is 1. The largest absolute Gasteiger partial charge is 0.428 e. The fourth-order valence-corrected chi connectivity index (χ4v) is 3.35. The molecule has 1 N–H and O–H groups in total. The number of carbonyl (C=O) groups is 1. The number of hydrogen-bond acceptors (Lipinski definition) is 8. The van der Waals surface area contributed by atoms with Crippen LogP contribution in [0.5, 0.6) is 0 Å². The highest BCUT2D eigenvalue weighted by molar-refractivity contribution is 7.89. The first kappa shape index (κ1) is 24.7. The van der Waals surface area contributed by atoms with Crippen LogP contribution in [0.2, 0.25) is 0 Å². The zero-order valence-corrected chi connectivity index (χ0v) is 18.7. The van der Waals surface area contributed by atoms with Gasteiger partial charge in [-0.1, -0.05) is 6.92 Å². The van der Waals surface area contributed by atoms with E-state index in [4.69, 9.17) is 9.68 Å². The van der Waals surface area contributed by atoms with E-state index in [0.717, 1.165) is 12.3 Å². The number of amides is 1. The Labute approximate surface area is 192 Å². The smallest absolute Gasteiger partial charge is 0.417 e. The molecule has 3 rings (SSSR count). The van der Waals surface area contributed by atoms with Crippen molar-refractivity contribution in [2.45, 2.75) is 26.1 Å². The lowest BCUT2D eigenvalue weighted by Gasteiger charge is -2.20. The van der Waals surface area contributed by atoms with Crippen molar-refractivity contribution in [2.24, 2.45) is 0 Å². The Morgan fingerprint density at radius 2 is 1.88 bits per heavy atom. The molecule has 0 aliphatic heterocycles. The topological polar surface area (TPSA) is 129 Å². The molecular formula is C21H18F3N5O4S. The number of nitrogens with zero attached hydrogens (tertiary/aromatic N) is 4. The molecule has 178 valence electrons. The van der Waals surface area contributed by atoms with E-state index in [-0.39, 0.29) is 36.1 Å². The normalized spacial score (nSPS) is 11.6. The van der Waals surface area contributed by atoms with Crippen LogP contribution >= 0.6 is 0 Å². The minimum atomic E-state index is -4.54. The van der Waals surface area contributed by atoms with Crippen molar-refractivity contribution < 1.29 is 30.8 Å². The van der Waals surface area contributed by atoms with Gasteiger partial charge in [-0.05, 0) is 36.4 Å². The van der Waals surface area contributed by atoms with Crippen LogP contribution in [0, 0.1) is 11.3 Å². The number of sulfonamides is 1. The molecule has 3 aromatic rings. The molecule has 0 radical (unpaired) electrons. The van der Waals surface area contributed by atoms with Gasteiger partial charge in [0, 0.05) is 18.3 Å². The molecular weight excluding hydrogens is 475 g/mol. The van der Waals surface area contributed by atoms with Crippen molar-refractivity contribution in [3.63, 3.8) is 0 Å². The Hall–Kier alpha value is -3.92. The number of carbonyl (C=O) groups excluding carboxylic acids is 1. The maximum absolute atomic E-state index is 12.9. The van der Waals surface area contributed by atoms with Crippen molar-refractivity contribution in [1.82, 2.24) is 14.7 Å². The third kappa shape index (κ3) is 5.90. The van der Waals surface area contributed by atoms with Crippen LogP contribution in [0.25, 0.3) is 0 Å². The van der Waals surface area contributed by atoms with Gasteiger partial charge in [0.25, 0.3) is 5.91 Å². The summed E-state index contributed by atoms with van der Waals surface area (Å²) in [5, 5.41) is 9.05. The van der Waals surface area contributed by atoms with Gasteiger partial charge >= 0.3 is 12.2 Å². The van der Waals surface area contributed by atoms with E-state index in [9.17, 15) is 26.4 Å². The average Bonchev–Trinajstić information content (AvgIpc) is 3.20. The van der Waals surface area contributed by atoms with Crippen LogP contribution in [0.4, 0.5) is 24.9 Å². The van der Waals surface area contributed by atoms with Gasteiger partial charge in [0.15, 0.2) is 5.69 Å². The van der Waals surface area contributed by atoms with Gasteiger partial charge in [0.1, 0.15) is 5.76 Å². The molecule has 2 heterocycles. The van der Waals surface area contributed by atoms with Crippen molar-refractivity contribution in [3.8, 4) is 6.07 Å². The van der Waals surface area contributed by atoms with E-state index in [1.54, 1.807) is 19.1 Å². The van der Waals surface area contributed by atoms with Crippen LogP contribution in [0.1, 0.15) is 40.0 Å². The minimum absolute atomic E-state index is 0.0964. The molecule has 1 amide bonds. The summed E-state index contributed by atoms with van der Waals surface area (Å²) >= 11 is 0. The number of aromatic nitrogens is 2. The van der Waals surface area contributed by atoms with E-state index in [1.165, 1.54) is 23.1 Å². The van der Waals surface area contributed by atoms with Gasteiger partial charge in [-0.2, -0.15) is 23.4 Å². The van der Waals surface area contributed by atoms with E-state index in [1.807, 2.05) is 10.8 Å². The second-order valence-electron chi connectivity index (χ2n) is 7.11. The van der Waals surface area contributed by atoms with Gasteiger partial charge in [-0.3, -0.25) is 14.7 Å². The number of anilines is 2. The number of halogens is 3.